The number of likely N-dealkylation sites (N-methyl/N-ethyl adjacent to an activating group) is 1. The third kappa shape index (κ3) is 5.82. The summed E-state index contributed by atoms with van der Waals surface area (Å²) in [6.45, 7) is 9.70. The standard InChI is InChI=1S/C11H13FN2O2.2C2H6/c1-7-5-4-6-8(12)9(7)10(14-16-3)11(15)13-2;2*1-2/h4-6H,1-3H3,(H,13,15);2*1-2H3/b14-10+;;. The lowest BCUT2D eigenvalue weighted by molar-refractivity contribution is -0.114. The molecule has 1 amide bonds. The first-order chi connectivity index (χ1) is 9.61. The number of carbonyl (C=O) groups excluding carboxylic acids is 1. The lowest BCUT2D eigenvalue weighted by Crippen LogP contribution is -2.29. The van der Waals surface area contributed by atoms with Gasteiger partial charge in [-0.15, -0.1) is 0 Å². The fourth-order valence-electron chi connectivity index (χ4n) is 1.34. The number of nitrogens with one attached hydrogen (secondary N) is 1. The molecule has 1 N–H and O–H groups in total. The van der Waals surface area contributed by atoms with Gasteiger partial charge < -0.3 is 10.2 Å². The molecule has 0 saturated carbocycles. The van der Waals surface area contributed by atoms with E-state index in [9.17, 15) is 9.18 Å². The van der Waals surface area contributed by atoms with Gasteiger partial charge >= 0.3 is 0 Å². The number of amides is 1. The molecular formula is C15H25FN2O2. The molecule has 20 heavy (non-hydrogen) atoms. The van der Waals surface area contributed by atoms with Crippen molar-refractivity contribution < 1.29 is 14.0 Å². The van der Waals surface area contributed by atoms with Crippen molar-refractivity contribution in [1.82, 2.24) is 5.32 Å². The van der Waals surface area contributed by atoms with Crippen molar-refractivity contribution in [3.8, 4) is 0 Å². The summed E-state index contributed by atoms with van der Waals surface area (Å²) in [7, 11) is 2.75. The molecular weight excluding hydrogens is 259 g/mol. The van der Waals surface area contributed by atoms with Crippen molar-refractivity contribution in [2.24, 2.45) is 5.16 Å². The van der Waals surface area contributed by atoms with Crippen LogP contribution in [-0.4, -0.2) is 25.8 Å². The van der Waals surface area contributed by atoms with Crippen molar-refractivity contribution in [1.29, 1.82) is 0 Å². The molecule has 4 nitrogen and oxygen atoms in total. The van der Waals surface area contributed by atoms with Crippen LogP contribution in [0.15, 0.2) is 23.4 Å². The van der Waals surface area contributed by atoms with Crippen molar-refractivity contribution in [2.45, 2.75) is 34.6 Å². The minimum atomic E-state index is -0.501. The van der Waals surface area contributed by atoms with E-state index >= 15 is 0 Å². The van der Waals surface area contributed by atoms with Gasteiger partial charge in [-0.05, 0) is 18.6 Å². The minimum Gasteiger partial charge on any atom is -0.398 e. The van der Waals surface area contributed by atoms with Gasteiger partial charge in [-0.2, -0.15) is 0 Å². The Morgan fingerprint density at radius 2 is 1.80 bits per heavy atom. The molecule has 0 aromatic heterocycles. The second-order valence-corrected chi connectivity index (χ2v) is 3.13. The van der Waals surface area contributed by atoms with Gasteiger partial charge in [0.25, 0.3) is 5.91 Å². The maximum absolute atomic E-state index is 13.6. The number of hydrogen-bond donors (Lipinski definition) is 1. The van der Waals surface area contributed by atoms with Crippen molar-refractivity contribution in [3.05, 3.63) is 35.1 Å². The van der Waals surface area contributed by atoms with Crippen LogP contribution in [0.5, 0.6) is 0 Å². The molecule has 0 heterocycles. The summed E-state index contributed by atoms with van der Waals surface area (Å²) < 4.78 is 13.6. The summed E-state index contributed by atoms with van der Waals surface area (Å²) in [4.78, 5) is 16.1. The summed E-state index contributed by atoms with van der Waals surface area (Å²) in [5.74, 6) is -0.991. The Bertz CT molecular complexity index is 412. The number of hydrogen-bond acceptors (Lipinski definition) is 3. The highest BCUT2D eigenvalue weighted by Gasteiger charge is 2.19. The molecule has 0 radical (unpaired) electrons. The molecule has 0 fully saturated rings. The Morgan fingerprint density at radius 3 is 2.20 bits per heavy atom. The lowest BCUT2D eigenvalue weighted by atomic mass is 10.0. The molecule has 1 aromatic carbocycles. The third-order valence-electron chi connectivity index (χ3n) is 2.08. The number of benzene rings is 1. The normalized spacial score (nSPS) is 9.50. The molecule has 1 rings (SSSR count). The van der Waals surface area contributed by atoms with E-state index in [1.54, 1.807) is 19.1 Å². The molecule has 0 atom stereocenters. The van der Waals surface area contributed by atoms with Crippen molar-refractivity contribution >= 4 is 11.6 Å². The van der Waals surface area contributed by atoms with Crippen molar-refractivity contribution in [3.63, 3.8) is 0 Å². The SMILES string of the molecule is CC.CC.CNC(=O)/C(=N/OC)c1c(C)cccc1F. The maximum Gasteiger partial charge on any atom is 0.273 e. The Morgan fingerprint density at radius 1 is 1.25 bits per heavy atom. The first-order valence-electron chi connectivity index (χ1n) is 6.70. The fourth-order valence-corrected chi connectivity index (χ4v) is 1.34. The second-order valence-electron chi connectivity index (χ2n) is 3.13. The number of aryl methyl sites for hydroxylation is 1. The molecule has 0 saturated heterocycles. The Hall–Kier alpha value is -1.91. The summed E-state index contributed by atoms with van der Waals surface area (Å²) in [6.07, 6.45) is 0. The number of carbonyl (C=O) groups is 1. The van der Waals surface area contributed by atoms with Crippen LogP contribution in [-0.2, 0) is 9.63 Å². The number of halogens is 1. The average molecular weight is 284 g/mol. The number of nitrogens with zero attached hydrogens (tertiary/aromatic N) is 1. The largest absolute Gasteiger partial charge is 0.398 e. The lowest BCUT2D eigenvalue weighted by Gasteiger charge is -2.08. The summed E-state index contributed by atoms with van der Waals surface area (Å²) >= 11 is 0. The molecule has 5 heteroatoms. The quantitative estimate of drug-likeness (QED) is 0.684. The van der Waals surface area contributed by atoms with Gasteiger partial charge in [-0.1, -0.05) is 45.0 Å². The Kier molecular flexibility index (Phi) is 12.4. The second kappa shape index (κ2) is 12.1. The van der Waals surface area contributed by atoms with Gasteiger partial charge in [0.15, 0.2) is 5.71 Å². The summed E-state index contributed by atoms with van der Waals surface area (Å²) in [5, 5.41) is 5.94. The van der Waals surface area contributed by atoms with Crippen LogP contribution in [0.4, 0.5) is 4.39 Å². The van der Waals surface area contributed by atoms with E-state index in [0.29, 0.717) is 5.56 Å². The highest BCUT2D eigenvalue weighted by Crippen LogP contribution is 2.14. The van der Waals surface area contributed by atoms with Gasteiger partial charge in [-0.3, -0.25) is 4.79 Å². The Labute approximate surface area is 121 Å². The van der Waals surface area contributed by atoms with E-state index in [1.165, 1.54) is 20.2 Å². The van der Waals surface area contributed by atoms with E-state index in [2.05, 4.69) is 15.3 Å². The van der Waals surface area contributed by atoms with Gasteiger partial charge in [0.05, 0.1) is 0 Å². The van der Waals surface area contributed by atoms with Crippen LogP contribution in [0.25, 0.3) is 0 Å². The zero-order valence-electron chi connectivity index (χ0n) is 13.4. The number of rotatable bonds is 3. The maximum atomic E-state index is 13.6. The zero-order valence-corrected chi connectivity index (χ0v) is 13.4. The summed E-state index contributed by atoms with van der Waals surface area (Å²) in [6, 6.07) is 4.55. The minimum absolute atomic E-state index is 0.0689. The van der Waals surface area contributed by atoms with E-state index < -0.39 is 11.7 Å². The molecule has 114 valence electrons. The van der Waals surface area contributed by atoms with Crippen LogP contribution in [0.3, 0.4) is 0 Å². The van der Waals surface area contributed by atoms with E-state index in [4.69, 9.17) is 0 Å². The molecule has 0 bridgehead atoms. The van der Waals surface area contributed by atoms with Crippen LogP contribution >= 0.6 is 0 Å². The Balaban J connectivity index is 0. The van der Waals surface area contributed by atoms with Gasteiger partial charge in [0.1, 0.15) is 12.9 Å². The molecule has 1 aromatic rings. The predicted octanol–water partition coefficient (Wildman–Crippen LogP) is 3.28. The molecule has 0 unspecified atom stereocenters. The van der Waals surface area contributed by atoms with E-state index in [0.717, 1.165) is 0 Å². The first-order valence-corrected chi connectivity index (χ1v) is 6.70. The highest BCUT2D eigenvalue weighted by atomic mass is 19.1. The smallest absolute Gasteiger partial charge is 0.273 e. The summed E-state index contributed by atoms with van der Waals surface area (Å²) in [5.41, 5.74) is 0.712. The molecule has 0 aliphatic heterocycles. The van der Waals surface area contributed by atoms with Crippen LogP contribution < -0.4 is 5.32 Å². The van der Waals surface area contributed by atoms with Crippen LogP contribution in [0.1, 0.15) is 38.8 Å². The number of oxime groups is 1. The molecule has 0 spiro atoms. The van der Waals surface area contributed by atoms with Gasteiger partial charge in [0, 0.05) is 12.6 Å². The fraction of sp³-hybridized carbons (Fsp3) is 0.467. The zero-order chi connectivity index (χ0) is 16.1. The predicted molar refractivity (Wildman–Crippen MR) is 81.4 cm³/mol. The van der Waals surface area contributed by atoms with Gasteiger partial charge in [0.2, 0.25) is 0 Å². The van der Waals surface area contributed by atoms with Gasteiger partial charge in [-0.25, -0.2) is 4.39 Å². The van der Waals surface area contributed by atoms with E-state index in [1.807, 2.05) is 27.7 Å². The highest BCUT2D eigenvalue weighted by molar-refractivity contribution is 6.45. The average Bonchev–Trinajstić information content (AvgIpc) is 2.49. The third-order valence-corrected chi connectivity index (χ3v) is 2.08. The van der Waals surface area contributed by atoms with Crippen molar-refractivity contribution in [2.75, 3.05) is 14.2 Å². The monoisotopic (exact) mass is 284 g/mol. The molecule has 0 aliphatic carbocycles. The van der Waals surface area contributed by atoms with Crippen LogP contribution in [0.2, 0.25) is 0 Å². The first kappa shape index (κ1) is 20.4. The molecule has 0 aliphatic rings. The topological polar surface area (TPSA) is 50.7 Å². The van der Waals surface area contributed by atoms with Crippen LogP contribution in [0, 0.1) is 12.7 Å². The van der Waals surface area contributed by atoms with E-state index in [-0.39, 0.29) is 11.3 Å².